The van der Waals surface area contributed by atoms with Gasteiger partial charge in [-0.2, -0.15) is 0 Å². The van der Waals surface area contributed by atoms with E-state index in [9.17, 15) is 39.6 Å². The highest BCUT2D eigenvalue weighted by molar-refractivity contribution is 6.24. The molecule has 5 rings (SSSR count). The van der Waals surface area contributed by atoms with E-state index in [4.69, 9.17) is 5.73 Å². The molecular weight excluding hydrogens is 530 g/mol. The third kappa shape index (κ3) is 4.20. The number of amides is 2. The minimum absolute atomic E-state index is 0.0104. The van der Waals surface area contributed by atoms with Gasteiger partial charge in [-0.3, -0.25) is 24.1 Å². The lowest BCUT2D eigenvalue weighted by Gasteiger charge is -2.50. The molecule has 0 aliphatic heterocycles. The van der Waals surface area contributed by atoms with Crippen LogP contribution in [0, 0.1) is 11.8 Å². The van der Waals surface area contributed by atoms with E-state index >= 15 is 0 Å². The molecule has 0 bridgehead atoms. The minimum Gasteiger partial charge on any atom is -0.508 e. The number of carbonyl (C=O) groups is 4. The van der Waals surface area contributed by atoms with Crippen LogP contribution in [-0.2, 0) is 32.1 Å². The lowest BCUT2D eigenvalue weighted by molar-refractivity contribution is -0.153. The molecule has 11 heteroatoms. The van der Waals surface area contributed by atoms with Gasteiger partial charge in [-0.25, -0.2) is 0 Å². The maximum atomic E-state index is 13.9. The number of primary amides is 1. The number of aliphatic hydroxyl groups is 3. The van der Waals surface area contributed by atoms with Gasteiger partial charge in [0.2, 0.25) is 11.7 Å². The van der Waals surface area contributed by atoms with E-state index in [1.165, 1.54) is 17.9 Å². The van der Waals surface area contributed by atoms with Gasteiger partial charge in [-0.15, -0.1) is 0 Å². The summed E-state index contributed by atoms with van der Waals surface area (Å²) >= 11 is 0. The van der Waals surface area contributed by atoms with E-state index in [2.05, 4.69) is 5.32 Å². The summed E-state index contributed by atoms with van der Waals surface area (Å²) in [6.45, 7) is 1.79. The van der Waals surface area contributed by atoms with E-state index in [1.54, 1.807) is 20.2 Å². The van der Waals surface area contributed by atoms with Crippen LogP contribution < -0.4 is 11.1 Å². The molecule has 214 valence electrons. The number of hydrogen-bond acceptors (Lipinski definition) is 9. The first-order valence-corrected chi connectivity index (χ1v) is 13.1. The van der Waals surface area contributed by atoms with Gasteiger partial charge in [0.15, 0.2) is 11.4 Å². The molecule has 2 amide bonds. The number of aromatic hydroxyl groups is 1. The van der Waals surface area contributed by atoms with Crippen molar-refractivity contribution in [2.45, 2.75) is 38.0 Å². The number of rotatable bonds is 5. The van der Waals surface area contributed by atoms with Crippen molar-refractivity contribution >= 4 is 29.1 Å². The molecule has 0 aromatic heterocycles. The van der Waals surface area contributed by atoms with Crippen molar-refractivity contribution in [2.75, 3.05) is 14.1 Å². The number of Topliss-reactive ketones (excluding diaryl/α,β-unsaturated/α-hetero) is 2. The van der Waals surface area contributed by atoms with Gasteiger partial charge in [-0.05, 0) is 61.2 Å². The van der Waals surface area contributed by atoms with Crippen LogP contribution in [-0.4, -0.2) is 74.4 Å². The zero-order chi connectivity index (χ0) is 30.0. The average Bonchev–Trinajstić information content (AvgIpc) is 2.89. The lowest BCUT2D eigenvalue weighted by Crippen LogP contribution is -2.65. The van der Waals surface area contributed by atoms with Crippen molar-refractivity contribution in [3.63, 3.8) is 0 Å². The van der Waals surface area contributed by atoms with E-state index in [-0.39, 0.29) is 35.6 Å². The largest absolute Gasteiger partial charge is 0.508 e. The van der Waals surface area contributed by atoms with Gasteiger partial charge in [0.1, 0.15) is 22.8 Å². The Balaban J connectivity index is 1.64. The quantitative estimate of drug-likeness (QED) is 0.292. The monoisotopic (exact) mass is 561 g/mol. The molecule has 1 saturated carbocycles. The van der Waals surface area contributed by atoms with E-state index in [0.29, 0.717) is 17.7 Å². The molecule has 0 saturated heterocycles. The normalized spacial score (nSPS) is 25.5. The van der Waals surface area contributed by atoms with Crippen LogP contribution >= 0.6 is 0 Å². The van der Waals surface area contributed by atoms with Crippen LogP contribution in [0.2, 0.25) is 0 Å². The first-order valence-electron chi connectivity index (χ1n) is 13.1. The fourth-order valence-corrected chi connectivity index (χ4v) is 6.54. The summed E-state index contributed by atoms with van der Waals surface area (Å²) in [5, 5.41) is 47.6. The van der Waals surface area contributed by atoms with E-state index in [0.717, 1.165) is 11.1 Å². The number of nitrogens with two attached hydrogens (primary N) is 1. The Labute approximate surface area is 235 Å². The standard InChI is InChI=1S/C30H31N3O8/c1-13(34)32-12-14-4-6-15(7-5-14)17-8-9-20(35)22-18(17)10-16-11-19-24(33(2)3)26(37)23(29(31)40)28(39)30(19,41)27(38)21(16)25(22)36/h4-9,16,19,24,35-36,39,41H,10-12H2,1-3H3,(H2,31,40)(H,32,34). The van der Waals surface area contributed by atoms with Crippen LogP contribution in [0.3, 0.4) is 0 Å². The van der Waals surface area contributed by atoms with Crippen molar-refractivity contribution in [2.24, 2.45) is 17.6 Å². The number of hydrogen-bond donors (Lipinski definition) is 6. The number of nitrogens with one attached hydrogen (secondary N) is 1. The number of phenols is 1. The Morgan fingerprint density at radius 3 is 2.32 bits per heavy atom. The molecule has 3 aliphatic carbocycles. The molecule has 3 aliphatic rings. The maximum Gasteiger partial charge on any atom is 0.255 e. The molecule has 0 spiro atoms. The summed E-state index contributed by atoms with van der Waals surface area (Å²) in [5.74, 6) is -7.03. The summed E-state index contributed by atoms with van der Waals surface area (Å²) in [6.07, 6.45) is 0.197. The topological polar surface area (TPSA) is 190 Å². The first kappa shape index (κ1) is 28.1. The SMILES string of the molecule is CC(=O)NCc1ccc(-c2ccc(O)c3c2CC2CC4C(N(C)C)C(=O)C(C(N)=O)=C(O)C4(O)C(=O)C2=C3O)cc1. The zero-order valence-corrected chi connectivity index (χ0v) is 22.8. The summed E-state index contributed by atoms with van der Waals surface area (Å²) in [4.78, 5) is 52.0. The molecule has 0 radical (unpaired) electrons. The number of likely N-dealkylation sites (N-methyl/N-ethyl adjacent to an activating group) is 1. The van der Waals surface area contributed by atoms with Crippen molar-refractivity contribution in [1.29, 1.82) is 0 Å². The summed E-state index contributed by atoms with van der Waals surface area (Å²) < 4.78 is 0. The molecule has 0 heterocycles. The number of phenolic OH excluding ortho intramolecular Hbond substituents is 1. The van der Waals surface area contributed by atoms with Crippen molar-refractivity contribution in [3.8, 4) is 16.9 Å². The lowest BCUT2D eigenvalue weighted by atomic mass is 9.57. The summed E-state index contributed by atoms with van der Waals surface area (Å²) in [5.41, 5.74) is 4.58. The van der Waals surface area contributed by atoms with Crippen molar-refractivity contribution in [1.82, 2.24) is 10.2 Å². The predicted octanol–water partition coefficient (Wildman–Crippen LogP) is 1.27. The Kier molecular flexibility index (Phi) is 6.75. The predicted molar refractivity (Wildman–Crippen MR) is 147 cm³/mol. The Bertz CT molecular complexity index is 1570. The van der Waals surface area contributed by atoms with Crippen LogP contribution in [0.25, 0.3) is 16.9 Å². The van der Waals surface area contributed by atoms with Gasteiger partial charge in [0.25, 0.3) is 5.91 Å². The maximum absolute atomic E-state index is 13.9. The van der Waals surface area contributed by atoms with Crippen LogP contribution in [0.5, 0.6) is 5.75 Å². The highest BCUT2D eigenvalue weighted by Gasteiger charge is 2.64. The van der Waals surface area contributed by atoms with E-state index < -0.39 is 58.0 Å². The molecule has 4 unspecified atom stereocenters. The first-order chi connectivity index (χ1) is 19.3. The fraction of sp³-hybridized carbons (Fsp3) is 0.333. The highest BCUT2D eigenvalue weighted by atomic mass is 16.3. The van der Waals surface area contributed by atoms with Crippen molar-refractivity contribution < 1.29 is 39.6 Å². The minimum atomic E-state index is -2.68. The van der Waals surface area contributed by atoms with Gasteiger partial charge in [0.05, 0.1) is 11.6 Å². The van der Waals surface area contributed by atoms with Crippen LogP contribution in [0.4, 0.5) is 0 Å². The molecular formula is C30H31N3O8. The number of fused-ring (bicyclic) bond motifs is 3. The Hall–Kier alpha value is -4.48. The van der Waals surface area contributed by atoms with Crippen LogP contribution in [0.1, 0.15) is 30.0 Å². The number of aliphatic hydroxyl groups excluding tert-OH is 2. The van der Waals surface area contributed by atoms with Gasteiger partial charge in [-0.1, -0.05) is 30.3 Å². The second-order valence-electron chi connectivity index (χ2n) is 11.1. The molecule has 1 fully saturated rings. The van der Waals surface area contributed by atoms with Crippen molar-refractivity contribution in [3.05, 3.63) is 70.0 Å². The molecule has 2 aromatic carbocycles. The Morgan fingerprint density at radius 1 is 1.07 bits per heavy atom. The van der Waals surface area contributed by atoms with Gasteiger partial charge in [0, 0.05) is 25.0 Å². The fourth-order valence-electron chi connectivity index (χ4n) is 6.54. The average molecular weight is 562 g/mol. The zero-order valence-electron chi connectivity index (χ0n) is 22.8. The second-order valence-corrected chi connectivity index (χ2v) is 11.1. The number of carbonyl (C=O) groups excluding carboxylic acids is 4. The third-order valence-electron chi connectivity index (χ3n) is 8.41. The number of nitrogens with zero attached hydrogens (tertiary/aromatic N) is 1. The second kappa shape index (κ2) is 9.86. The molecule has 7 N–H and O–H groups in total. The summed E-state index contributed by atoms with van der Waals surface area (Å²) in [7, 11) is 3.11. The molecule has 41 heavy (non-hydrogen) atoms. The smallest absolute Gasteiger partial charge is 0.255 e. The van der Waals surface area contributed by atoms with E-state index in [1.807, 2.05) is 24.3 Å². The molecule has 2 aromatic rings. The third-order valence-corrected chi connectivity index (χ3v) is 8.41. The highest BCUT2D eigenvalue weighted by Crippen LogP contribution is 2.53. The number of ketones is 2. The summed E-state index contributed by atoms with van der Waals surface area (Å²) in [6, 6.07) is 9.34. The molecule has 4 atom stereocenters. The van der Waals surface area contributed by atoms with Gasteiger partial charge < -0.3 is 31.5 Å². The van der Waals surface area contributed by atoms with Gasteiger partial charge >= 0.3 is 0 Å². The number of benzene rings is 2. The van der Waals surface area contributed by atoms with Crippen LogP contribution in [0.15, 0.2) is 53.3 Å². The molecule has 11 nitrogen and oxygen atoms in total. The Morgan fingerprint density at radius 2 is 1.73 bits per heavy atom.